The molecule has 6 nitrogen and oxygen atoms in total. The molecule has 0 amide bonds. The van der Waals surface area contributed by atoms with Crippen LogP contribution in [0.1, 0.15) is 22.3 Å². The van der Waals surface area contributed by atoms with Crippen molar-refractivity contribution in [1.29, 1.82) is 0 Å². The molecule has 0 N–H and O–H groups in total. The summed E-state index contributed by atoms with van der Waals surface area (Å²) in [6.45, 7) is 1.84. The topological polar surface area (TPSA) is 55.4 Å². The average Bonchev–Trinajstić information content (AvgIpc) is 3.05. The van der Waals surface area contributed by atoms with E-state index < -0.39 is 17.2 Å². The molecule has 2 fully saturated rings. The van der Waals surface area contributed by atoms with Gasteiger partial charge in [-0.15, -0.1) is 0 Å². The fraction of sp³-hybridized carbons (Fsp3) is 0.314. The van der Waals surface area contributed by atoms with Crippen LogP contribution in [0.4, 0.5) is 0 Å². The molecule has 0 unspecified atom stereocenters. The molecule has 6 rings (SSSR count). The van der Waals surface area contributed by atoms with Crippen molar-refractivity contribution in [2.24, 2.45) is 5.41 Å². The second kappa shape index (κ2) is 15.5. The monoisotopic (exact) mass is 616 g/mol. The fourth-order valence-corrected chi connectivity index (χ4v) is 7.94. The minimum absolute atomic E-state index is 0.0591. The zero-order valence-electron chi connectivity index (χ0n) is 24.2. The number of rotatable bonds is 12. The van der Waals surface area contributed by atoms with Gasteiger partial charge in [0.15, 0.2) is 0 Å². The van der Waals surface area contributed by atoms with E-state index in [1.807, 2.05) is 24.3 Å². The Labute approximate surface area is 257 Å². The first-order valence-electron chi connectivity index (χ1n) is 14.8. The zero-order valence-corrected chi connectivity index (χ0v) is 26.0. The summed E-state index contributed by atoms with van der Waals surface area (Å²) in [6, 6.07) is 41.7. The van der Waals surface area contributed by atoms with Gasteiger partial charge in [-0.2, -0.15) is 0 Å². The van der Waals surface area contributed by atoms with Crippen LogP contribution in [0, 0.1) is 5.41 Å². The van der Waals surface area contributed by atoms with Crippen LogP contribution in [-0.4, -0.2) is 38.6 Å². The summed E-state index contributed by atoms with van der Waals surface area (Å²) in [7, 11) is -2.95. The van der Waals surface area contributed by atoms with Crippen molar-refractivity contribution < 1.29 is 27.1 Å². The van der Waals surface area contributed by atoms with Gasteiger partial charge in [-0.25, -0.2) is 0 Å². The first-order chi connectivity index (χ1) is 21.2. The van der Waals surface area contributed by atoms with Crippen LogP contribution >= 0.6 is 17.2 Å². The van der Waals surface area contributed by atoms with Crippen LogP contribution in [0.25, 0.3) is 0 Å². The largest absolute Gasteiger partial charge is 0.332 e. The van der Waals surface area contributed by atoms with Crippen molar-refractivity contribution in [3.63, 3.8) is 0 Å². The standard InChI is InChI=1S/C35H38O6P2/c1-5-13-29(14-6-1)21-33(22-30-15-7-2-8-16-30)40-42-36-25-35(26-37-42)27-38-43(39-28-35)41-34(23-31-17-9-3-10-18-31)24-32-19-11-4-12-20-32/h1-20,33-34H,21-28H2. The van der Waals surface area contributed by atoms with E-state index in [1.54, 1.807) is 0 Å². The Kier molecular flexibility index (Phi) is 11.0. The van der Waals surface area contributed by atoms with Gasteiger partial charge >= 0.3 is 17.2 Å². The predicted molar refractivity (Wildman–Crippen MR) is 170 cm³/mol. The van der Waals surface area contributed by atoms with Gasteiger partial charge in [0.05, 0.1) is 44.1 Å². The van der Waals surface area contributed by atoms with Crippen LogP contribution in [-0.2, 0) is 52.8 Å². The molecule has 2 heterocycles. The van der Waals surface area contributed by atoms with Crippen molar-refractivity contribution in [2.45, 2.75) is 37.9 Å². The smallest absolute Gasteiger partial charge is 0.311 e. The van der Waals surface area contributed by atoms with E-state index in [0.717, 1.165) is 25.7 Å². The molecule has 8 heteroatoms. The van der Waals surface area contributed by atoms with E-state index in [-0.39, 0.29) is 17.6 Å². The summed E-state index contributed by atoms with van der Waals surface area (Å²) in [6.07, 6.45) is 3.02. The summed E-state index contributed by atoms with van der Waals surface area (Å²) >= 11 is 0. The summed E-state index contributed by atoms with van der Waals surface area (Å²) in [5.74, 6) is 0. The van der Waals surface area contributed by atoms with E-state index in [1.165, 1.54) is 22.3 Å². The SMILES string of the molecule is c1ccc(CC(Cc2ccccc2)OP2OCC3(CO2)COP(OC(Cc2ccccc2)Cc2ccccc2)OC3)cc1. The van der Waals surface area contributed by atoms with Gasteiger partial charge in [0.25, 0.3) is 0 Å². The Bertz CT molecular complexity index is 1150. The van der Waals surface area contributed by atoms with Gasteiger partial charge in [-0.3, -0.25) is 0 Å². The molecule has 0 bridgehead atoms. The third-order valence-corrected chi connectivity index (χ3v) is 9.90. The minimum atomic E-state index is -1.47. The van der Waals surface area contributed by atoms with Crippen molar-refractivity contribution in [3.05, 3.63) is 144 Å². The summed E-state index contributed by atoms with van der Waals surface area (Å²) in [4.78, 5) is 0. The van der Waals surface area contributed by atoms with E-state index in [9.17, 15) is 0 Å². The molecular weight excluding hydrogens is 578 g/mol. The molecule has 0 atom stereocenters. The number of benzene rings is 4. The molecule has 0 saturated carbocycles. The molecule has 2 aliphatic heterocycles. The highest BCUT2D eigenvalue weighted by atomic mass is 31.2. The fourth-order valence-electron chi connectivity index (χ4n) is 5.25. The quantitative estimate of drug-likeness (QED) is 0.149. The second-order valence-electron chi connectivity index (χ2n) is 11.3. The molecule has 2 saturated heterocycles. The maximum absolute atomic E-state index is 6.44. The highest BCUT2D eigenvalue weighted by Gasteiger charge is 2.44. The van der Waals surface area contributed by atoms with Crippen molar-refractivity contribution in [2.75, 3.05) is 26.4 Å². The van der Waals surface area contributed by atoms with Crippen molar-refractivity contribution >= 4 is 17.2 Å². The van der Waals surface area contributed by atoms with Crippen LogP contribution in [0.15, 0.2) is 121 Å². The zero-order chi connectivity index (χ0) is 29.2. The van der Waals surface area contributed by atoms with Crippen LogP contribution < -0.4 is 0 Å². The van der Waals surface area contributed by atoms with E-state index in [4.69, 9.17) is 27.1 Å². The molecule has 1 spiro atoms. The van der Waals surface area contributed by atoms with Gasteiger partial charge in [0.1, 0.15) is 0 Å². The lowest BCUT2D eigenvalue weighted by atomic mass is 9.93. The molecular formula is C35H38O6P2. The highest BCUT2D eigenvalue weighted by Crippen LogP contribution is 2.54. The first-order valence-corrected chi connectivity index (χ1v) is 17.0. The molecule has 0 aromatic heterocycles. The van der Waals surface area contributed by atoms with Gasteiger partial charge in [-0.05, 0) is 47.9 Å². The van der Waals surface area contributed by atoms with Gasteiger partial charge < -0.3 is 27.1 Å². The van der Waals surface area contributed by atoms with Crippen LogP contribution in [0.3, 0.4) is 0 Å². The van der Waals surface area contributed by atoms with Gasteiger partial charge in [0.2, 0.25) is 0 Å². The molecule has 2 aliphatic rings. The Balaban J connectivity index is 1.01. The van der Waals surface area contributed by atoms with E-state index in [0.29, 0.717) is 26.4 Å². The Hall–Kier alpha value is -2.50. The molecule has 0 radical (unpaired) electrons. The predicted octanol–water partition coefficient (Wildman–Crippen LogP) is 8.26. The van der Waals surface area contributed by atoms with E-state index >= 15 is 0 Å². The highest BCUT2D eigenvalue weighted by molar-refractivity contribution is 7.42. The van der Waals surface area contributed by atoms with Crippen LogP contribution in [0.5, 0.6) is 0 Å². The maximum atomic E-state index is 6.44. The molecule has 0 aliphatic carbocycles. The number of hydrogen-bond donors (Lipinski definition) is 0. The lowest BCUT2D eigenvalue weighted by Crippen LogP contribution is -2.45. The van der Waals surface area contributed by atoms with Gasteiger partial charge in [-0.1, -0.05) is 121 Å². The average molecular weight is 617 g/mol. The number of hydrogen-bond acceptors (Lipinski definition) is 6. The normalized spacial score (nSPS) is 22.3. The molecule has 43 heavy (non-hydrogen) atoms. The van der Waals surface area contributed by atoms with Crippen molar-refractivity contribution in [3.8, 4) is 0 Å². The maximum Gasteiger partial charge on any atom is 0.332 e. The summed E-state index contributed by atoms with van der Waals surface area (Å²) < 4.78 is 37.6. The van der Waals surface area contributed by atoms with Crippen LogP contribution in [0.2, 0.25) is 0 Å². The lowest BCUT2D eigenvalue weighted by molar-refractivity contribution is -0.0816. The first kappa shape index (κ1) is 30.5. The summed E-state index contributed by atoms with van der Waals surface area (Å²) in [5.41, 5.74) is 4.55. The van der Waals surface area contributed by atoms with Crippen molar-refractivity contribution in [1.82, 2.24) is 0 Å². The molecule has 4 aromatic rings. The minimum Gasteiger partial charge on any atom is -0.311 e. The lowest BCUT2D eigenvalue weighted by Gasteiger charge is -2.42. The van der Waals surface area contributed by atoms with E-state index in [2.05, 4.69) is 97.1 Å². The Morgan fingerprint density at radius 3 is 0.953 bits per heavy atom. The van der Waals surface area contributed by atoms with Gasteiger partial charge in [0, 0.05) is 0 Å². The molecule has 224 valence electrons. The Morgan fingerprint density at radius 2 is 0.698 bits per heavy atom. The third kappa shape index (κ3) is 9.25. The second-order valence-corrected chi connectivity index (χ2v) is 13.6. The third-order valence-electron chi connectivity index (χ3n) is 7.60. The Morgan fingerprint density at radius 1 is 0.442 bits per heavy atom. The summed E-state index contributed by atoms with van der Waals surface area (Å²) in [5, 5.41) is 0. The molecule has 4 aromatic carbocycles.